The standard InChI is InChI=1S/C21H21N5O5/c1-4-31-21(29)17-12(2)23-24-18(17)26-8-6-16-14(20(26)28)11-13-15(22-16)5-7-25(19(13)27)9-10-30-3/h5-8,11H,4,9-10H2,1-3H3,(H,23,24). The zero-order valence-electron chi connectivity index (χ0n) is 17.3. The van der Waals surface area contributed by atoms with Crippen molar-refractivity contribution in [1.82, 2.24) is 24.3 Å². The molecule has 0 atom stereocenters. The fourth-order valence-corrected chi connectivity index (χ4v) is 3.44. The van der Waals surface area contributed by atoms with E-state index in [-0.39, 0.29) is 28.9 Å². The highest BCUT2D eigenvalue weighted by atomic mass is 16.5. The molecule has 0 aromatic carbocycles. The van der Waals surface area contributed by atoms with Gasteiger partial charge in [0.2, 0.25) is 0 Å². The number of ether oxygens (including phenoxy) is 2. The molecule has 4 aromatic heterocycles. The fraction of sp³-hybridized carbons (Fsp3) is 0.286. The molecule has 10 nitrogen and oxygen atoms in total. The third-order valence-electron chi connectivity index (χ3n) is 4.99. The first-order valence-corrected chi connectivity index (χ1v) is 9.73. The third kappa shape index (κ3) is 3.50. The first-order valence-electron chi connectivity index (χ1n) is 9.73. The number of carbonyl (C=O) groups is 1. The van der Waals surface area contributed by atoms with Crippen molar-refractivity contribution in [3.05, 3.63) is 62.6 Å². The lowest BCUT2D eigenvalue weighted by molar-refractivity contribution is 0.0525. The van der Waals surface area contributed by atoms with Gasteiger partial charge < -0.3 is 14.0 Å². The van der Waals surface area contributed by atoms with Crippen LogP contribution in [0.15, 0.2) is 40.2 Å². The molecule has 4 heterocycles. The molecular formula is C21H21N5O5. The highest BCUT2D eigenvalue weighted by Gasteiger charge is 2.22. The number of aryl methyl sites for hydroxylation is 1. The Kier molecular flexibility index (Phi) is 5.38. The second-order valence-electron chi connectivity index (χ2n) is 6.92. The van der Waals surface area contributed by atoms with Crippen LogP contribution in [0.3, 0.4) is 0 Å². The average Bonchev–Trinajstić information content (AvgIpc) is 3.14. The number of nitrogens with zero attached hydrogens (tertiary/aromatic N) is 4. The van der Waals surface area contributed by atoms with Crippen LogP contribution >= 0.6 is 0 Å². The lowest BCUT2D eigenvalue weighted by Crippen LogP contribution is -2.23. The number of nitrogens with one attached hydrogen (secondary N) is 1. The van der Waals surface area contributed by atoms with Crippen LogP contribution < -0.4 is 11.1 Å². The Balaban J connectivity index is 1.92. The molecule has 4 rings (SSSR count). The molecule has 0 unspecified atom stereocenters. The molecule has 10 heteroatoms. The number of aromatic nitrogens is 5. The number of carbonyl (C=O) groups excluding carboxylic acids is 1. The minimum absolute atomic E-state index is 0.133. The second kappa shape index (κ2) is 8.15. The molecule has 0 bridgehead atoms. The van der Waals surface area contributed by atoms with Crippen LogP contribution in [0.25, 0.3) is 27.6 Å². The molecule has 31 heavy (non-hydrogen) atoms. The van der Waals surface area contributed by atoms with Crippen molar-refractivity contribution in [2.45, 2.75) is 20.4 Å². The zero-order valence-corrected chi connectivity index (χ0v) is 17.3. The van der Waals surface area contributed by atoms with E-state index in [1.54, 1.807) is 39.3 Å². The van der Waals surface area contributed by atoms with Crippen LogP contribution in [0.4, 0.5) is 0 Å². The van der Waals surface area contributed by atoms with Crippen LogP contribution in [0.5, 0.6) is 0 Å². The normalized spacial score (nSPS) is 11.3. The second-order valence-corrected chi connectivity index (χ2v) is 6.92. The predicted octanol–water partition coefficient (Wildman–Crippen LogP) is 1.56. The number of hydrogen-bond acceptors (Lipinski definition) is 7. The van der Waals surface area contributed by atoms with Gasteiger partial charge >= 0.3 is 5.97 Å². The minimum atomic E-state index is -0.576. The Bertz CT molecular complexity index is 1420. The van der Waals surface area contributed by atoms with Gasteiger partial charge in [-0.3, -0.25) is 19.3 Å². The highest BCUT2D eigenvalue weighted by Crippen LogP contribution is 2.19. The number of aromatic amines is 1. The summed E-state index contributed by atoms with van der Waals surface area (Å²) in [5.74, 6) is -0.443. The molecule has 0 saturated heterocycles. The van der Waals surface area contributed by atoms with Gasteiger partial charge in [-0.05, 0) is 32.0 Å². The first-order chi connectivity index (χ1) is 15.0. The maximum Gasteiger partial charge on any atom is 0.343 e. The Morgan fingerprint density at radius 1 is 1.13 bits per heavy atom. The summed E-state index contributed by atoms with van der Waals surface area (Å²) in [7, 11) is 1.56. The Morgan fingerprint density at radius 2 is 1.84 bits per heavy atom. The number of H-pyrrole nitrogens is 1. The monoisotopic (exact) mass is 423 g/mol. The molecule has 0 aliphatic heterocycles. The predicted molar refractivity (Wildman–Crippen MR) is 114 cm³/mol. The van der Waals surface area contributed by atoms with Crippen LogP contribution in [-0.2, 0) is 16.0 Å². The van der Waals surface area contributed by atoms with Gasteiger partial charge in [0, 0.05) is 31.7 Å². The van der Waals surface area contributed by atoms with E-state index in [1.807, 2.05) is 0 Å². The van der Waals surface area contributed by atoms with Crippen molar-refractivity contribution in [1.29, 1.82) is 0 Å². The molecule has 1 N–H and O–H groups in total. The summed E-state index contributed by atoms with van der Waals surface area (Å²) in [6.45, 7) is 4.34. The molecule has 0 spiro atoms. The van der Waals surface area contributed by atoms with Gasteiger partial charge in [0.25, 0.3) is 11.1 Å². The van der Waals surface area contributed by atoms with E-state index < -0.39 is 11.5 Å². The molecule has 4 aromatic rings. The van der Waals surface area contributed by atoms with Crippen molar-refractivity contribution in [2.24, 2.45) is 0 Å². The quantitative estimate of drug-likeness (QED) is 0.369. The van der Waals surface area contributed by atoms with Gasteiger partial charge in [-0.15, -0.1) is 0 Å². The van der Waals surface area contributed by atoms with Crippen molar-refractivity contribution in [3.8, 4) is 5.82 Å². The molecule has 0 fully saturated rings. The van der Waals surface area contributed by atoms with E-state index in [9.17, 15) is 14.4 Å². The molecule has 160 valence electrons. The Labute approximate surface area is 176 Å². The van der Waals surface area contributed by atoms with Gasteiger partial charge in [-0.1, -0.05) is 0 Å². The molecule has 0 amide bonds. The van der Waals surface area contributed by atoms with E-state index in [0.29, 0.717) is 35.3 Å². The maximum atomic E-state index is 13.3. The topological polar surface area (TPSA) is 121 Å². The lowest BCUT2D eigenvalue weighted by Gasteiger charge is -2.09. The van der Waals surface area contributed by atoms with Gasteiger partial charge in [0.15, 0.2) is 5.82 Å². The summed E-state index contributed by atoms with van der Waals surface area (Å²) in [6, 6.07) is 4.91. The average molecular weight is 423 g/mol. The van der Waals surface area contributed by atoms with Crippen LogP contribution in [0.2, 0.25) is 0 Å². The third-order valence-corrected chi connectivity index (χ3v) is 4.99. The van der Waals surface area contributed by atoms with Crippen LogP contribution in [0.1, 0.15) is 23.0 Å². The van der Waals surface area contributed by atoms with Crippen molar-refractivity contribution in [2.75, 3.05) is 20.3 Å². The van der Waals surface area contributed by atoms with E-state index in [0.717, 1.165) is 0 Å². The molecule has 0 saturated carbocycles. The lowest BCUT2D eigenvalue weighted by atomic mass is 10.2. The number of fused-ring (bicyclic) bond motifs is 2. The minimum Gasteiger partial charge on any atom is -0.462 e. The summed E-state index contributed by atoms with van der Waals surface area (Å²) < 4.78 is 12.9. The van der Waals surface area contributed by atoms with Gasteiger partial charge in [0.1, 0.15) is 5.56 Å². The molecule has 0 aliphatic rings. The van der Waals surface area contributed by atoms with Crippen molar-refractivity contribution >= 4 is 27.8 Å². The number of pyridine rings is 3. The first kappa shape index (κ1) is 20.5. The van der Waals surface area contributed by atoms with E-state index in [2.05, 4.69) is 15.2 Å². The van der Waals surface area contributed by atoms with E-state index in [1.165, 1.54) is 21.4 Å². The SMILES string of the molecule is CCOC(=O)c1c(-n2ccc3nc4ccn(CCOC)c(=O)c4cc3c2=O)n[nH]c1C. The highest BCUT2D eigenvalue weighted by molar-refractivity contribution is 5.95. The maximum absolute atomic E-state index is 13.3. The summed E-state index contributed by atoms with van der Waals surface area (Å²) in [6.07, 6.45) is 3.16. The number of hydrogen-bond donors (Lipinski definition) is 1. The number of rotatable bonds is 6. The fourth-order valence-electron chi connectivity index (χ4n) is 3.44. The van der Waals surface area contributed by atoms with Crippen LogP contribution in [-0.4, -0.2) is 50.6 Å². The molecular weight excluding hydrogens is 402 g/mol. The number of esters is 1. The molecule has 0 aliphatic carbocycles. The Hall–Kier alpha value is -3.79. The van der Waals surface area contributed by atoms with Crippen molar-refractivity contribution < 1.29 is 14.3 Å². The van der Waals surface area contributed by atoms with Gasteiger partial charge in [0.05, 0.1) is 35.0 Å². The summed E-state index contributed by atoms with van der Waals surface area (Å²) in [4.78, 5) is 43.0. The summed E-state index contributed by atoms with van der Waals surface area (Å²) in [5.41, 5.74) is 0.883. The van der Waals surface area contributed by atoms with Crippen LogP contribution in [0, 0.1) is 6.92 Å². The zero-order chi connectivity index (χ0) is 22.1. The van der Waals surface area contributed by atoms with E-state index in [4.69, 9.17) is 9.47 Å². The Morgan fingerprint density at radius 3 is 2.55 bits per heavy atom. The number of methoxy groups -OCH3 is 1. The van der Waals surface area contributed by atoms with Gasteiger partial charge in [-0.2, -0.15) is 5.10 Å². The smallest absolute Gasteiger partial charge is 0.343 e. The summed E-state index contributed by atoms with van der Waals surface area (Å²) >= 11 is 0. The van der Waals surface area contributed by atoms with Gasteiger partial charge in [-0.25, -0.2) is 9.78 Å². The molecule has 0 radical (unpaired) electrons. The largest absolute Gasteiger partial charge is 0.462 e. The van der Waals surface area contributed by atoms with Crippen molar-refractivity contribution in [3.63, 3.8) is 0 Å². The van der Waals surface area contributed by atoms with E-state index >= 15 is 0 Å². The summed E-state index contributed by atoms with van der Waals surface area (Å²) in [5, 5.41) is 7.41.